The molecule has 3 N–H and O–H groups in total. The molecule has 1 aromatic carbocycles. The largest absolute Gasteiger partial charge is 0.381 e. The average Bonchev–Trinajstić information content (AvgIpc) is 3.35. The lowest BCUT2D eigenvalue weighted by atomic mass is 9.66. The SMILES string of the molecule is C=C1Nc2cc(NC(=O)[C@@H](NC(=O)c3ccnn3C)C(C3CCC3)C3(C)CC3)ccc2C12CCOCC2. The molecule has 2 atom stereocenters. The van der Waals surface area contributed by atoms with Crippen LogP contribution in [0.5, 0.6) is 0 Å². The summed E-state index contributed by atoms with van der Waals surface area (Å²) in [5.41, 5.74) is 4.37. The summed E-state index contributed by atoms with van der Waals surface area (Å²) in [5.74, 6) is 0.143. The number of anilines is 2. The molecule has 1 spiro atoms. The molecule has 1 aromatic heterocycles. The van der Waals surface area contributed by atoms with Crippen molar-refractivity contribution in [1.82, 2.24) is 15.1 Å². The molecule has 3 fully saturated rings. The van der Waals surface area contributed by atoms with E-state index in [0.29, 0.717) is 11.6 Å². The van der Waals surface area contributed by atoms with E-state index >= 15 is 0 Å². The van der Waals surface area contributed by atoms with Crippen LogP contribution in [0.3, 0.4) is 0 Å². The Morgan fingerprint density at radius 3 is 2.57 bits per heavy atom. The van der Waals surface area contributed by atoms with Gasteiger partial charge in [-0.3, -0.25) is 14.3 Å². The number of hydrogen-bond donors (Lipinski definition) is 3. The molecule has 2 aromatic rings. The number of nitrogens with one attached hydrogen (secondary N) is 3. The third-order valence-corrected chi connectivity index (χ3v) is 9.50. The van der Waals surface area contributed by atoms with Crippen molar-refractivity contribution >= 4 is 23.2 Å². The van der Waals surface area contributed by atoms with E-state index in [1.54, 1.807) is 24.0 Å². The third kappa shape index (κ3) is 4.15. The van der Waals surface area contributed by atoms with Crippen molar-refractivity contribution < 1.29 is 14.3 Å². The summed E-state index contributed by atoms with van der Waals surface area (Å²) in [6.45, 7) is 8.02. The molecule has 2 saturated carbocycles. The smallest absolute Gasteiger partial charge is 0.270 e. The second-order valence-electron chi connectivity index (χ2n) is 11.7. The minimum absolute atomic E-state index is 0.0828. The molecule has 3 heterocycles. The Kier molecular flexibility index (Phi) is 5.90. The Labute approximate surface area is 218 Å². The predicted octanol–water partition coefficient (Wildman–Crippen LogP) is 4.36. The summed E-state index contributed by atoms with van der Waals surface area (Å²) in [5, 5.41) is 13.9. The van der Waals surface area contributed by atoms with Crippen molar-refractivity contribution in [3.05, 3.63) is 54.0 Å². The van der Waals surface area contributed by atoms with E-state index < -0.39 is 6.04 Å². The van der Waals surface area contributed by atoms with Crippen LogP contribution in [0.25, 0.3) is 0 Å². The molecule has 6 rings (SSSR count). The number of amides is 2. The van der Waals surface area contributed by atoms with Gasteiger partial charge in [0.2, 0.25) is 5.91 Å². The first-order valence-electron chi connectivity index (χ1n) is 13.6. The summed E-state index contributed by atoms with van der Waals surface area (Å²) in [4.78, 5) is 27.2. The molecule has 1 saturated heterocycles. The van der Waals surface area contributed by atoms with Crippen LogP contribution in [-0.2, 0) is 22.0 Å². The number of carbonyl (C=O) groups excluding carboxylic acids is 2. The van der Waals surface area contributed by atoms with Crippen molar-refractivity contribution in [3.8, 4) is 0 Å². The van der Waals surface area contributed by atoms with Gasteiger partial charge in [-0.15, -0.1) is 0 Å². The average molecular weight is 504 g/mol. The quantitative estimate of drug-likeness (QED) is 0.522. The number of carbonyl (C=O) groups is 2. The highest BCUT2D eigenvalue weighted by molar-refractivity contribution is 6.01. The monoisotopic (exact) mass is 503 g/mol. The van der Waals surface area contributed by atoms with Crippen molar-refractivity contribution in [2.45, 2.75) is 63.3 Å². The molecular weight excluding hydrogens is 466 g/mol. The molecule has 2 amide bonds. The zero-order valence-corrected chi connectivity index (χ0v) is 21.8. The van der Waals surface area contributed by atoms with Gasteiger partial charge in [-0.1, -0.05) is 38.8 Å². The van der Waals surface area contributed by atoms with Crippen molar-refractivity contribution in [1.29, 1.82) is 0 Å². The Hall–Kier alpha value is -3.13. The zero-order valence-electron chi connectivity index (χ0n) is 21.8. The number of allylic oxidation sites excluding steroid dienone is 1. The van der Waals surface area contributed by atoms with Gasteiger partial charge in [-0.25, -0.2) is 0 Å². The topological polar surface area (TPSA) is 97.3 Å². The molecule has 2 aliphatic carbocycles. The second-order valence-corrected chi connectivity index (χ2v) is 11.7. The predicted molar refractivity (Wildman–Crippen MR) is 142 cm³/mol. The maximum Gasteiger partial charge on any atom is 0.270 e. The van der Waals surface area contributed by atoms with Gasteiger partial charge in [0.15, 0.2) is 0 Å². The van der Waals surface area contributed by atoms with E-state index in [-0.39, 0.29) is 28.6 Å². The maximum atomic E-state index is 13.9. The van der Waals surface area contributed by atoms with Gasteiger partial charge >= 0.3 is 0 Å². The van der Waals surface area contributed by atoms with Crippen LogP contribution in [0.15, 0.2) is 42.7 Å². The Morgan fingerprint density at radius 1 is 1.19 bits per heavy atom. The standard InChI is InChI=1S/C29H37N5O3/c1-18-29(12-15-37-16-13-29)21-8-7-20(17-22(21)31-18)32-27(36)25(33-26(35)23-9-14-30-34(23)3)24(19-5-4-6-19)28(2)10-11-28/h7-9,14,17,19,24-25,31H,1,4-6,10-13,15-16H2,2-3H3,(H,32,36)(H,33,35)/t24?,25-/m0/s1. The first-order valence-corrected chi connectivity index (χ1v) is 13.6. The number of benzene rings is 1. The summed E-state index contributed by atoms with van der Waals surface area (Å²) < 4.78 is 7.16. The fourth-order valence-electron chi connectivity index (χ4n) is 6.80. The van der Waals surface area contributed by atoms with Crippen LogP contribution in [-0.4, -0.2) is 40.9 Å². The summed E-state index contributed by atoms with van der Waals surface area (Å²) in [6.07, 6.45) is 9.01. The summed E-state index contributed by atoms with van der Waals surface area (Å²) in [6, 6.07) is 7.16. The van der Waals surface area contributed by atoms with Gasteiger partial charge in [0, 0.05) is 48.9 Å². The van der Waals surface area contributed by atoms with Gasteiger partial charge in [-0.2, -0.15) is 5.10 Å². The van der Waals surface area contributed by atoms with Gasteiger partial charge < -0.3 is 20.7 Å². The second kappa shape index (κ2) is 9.01. The number of aryl methyl sites for hydroxylation is 1. The fraction of sp³-hybridized carbons (Fsp3) is 0.552. The molecule has 0 radical (unpaired) electrons. The lowest BCUT2D eigenvalue weighted by molar-refractivity contribution is -0.121. The Morgan fingerprint density at radius 2 is 1.95 bits per heavy atom. The first-order chi connectivity index (χ1) is 17.8. The molecular formula is C29H37N5O3. The Balaban J connectivity index is 1.27. The third-order valence-electron chi connectivity index (χ3n) is 9.50. The van der Waals surface area contributed by atoms with E-state index in [9.17, 15) is 9.59 Å². The van der Waals surface area contributed by atoms with Crippen LogP contribution in [0.1, 0.15) is 67.9 Å². The van der Waals surface area contributed by atoms with Crippen molar-refractivity contribution in [2.24, 2.45) is 24.3 Å². The number of fused-ring (bicyclic) bond motifs is 2. The first kappa shape index (κ1) is 24.2. The van der Waals surface area contributed by atoms with Crippen molar-refractivity contribution in [2.75, 3.05) is 23.8 Å². The highest BCUT2D eigenvalue weighted by Crippen LogP contribution is 2.58. The lowest BCUT2D eigenvalue weighted by Crippen LogP contribution is -2.54. The molecule has 8 nitrogen and oxygen atoms in total. The van der Waals surface area contributed by atoms with Gasteiger partial charge in [0.1, 0.15) is 11.7 Å². The number of hydrogen-bond acceptors (Lipinski definition) is 5. The maximum absolute atomic E-state index is 13.9. The van der Waals surface area contributed by atoms with Crippen LogP contribution < -0.4 is 16.0 Å². The minimum atomic E-state index is -0.613. The molecule has 8 heteroatoms. The zero-order chi connectivity index (χ0) is 25.8. The molecule has 37 heavy (non-hydrogen) atoms. The fourth-order valence-corrected chi connectivity index (χ4v) is 6.80. The van der Waals surface area contributed by atoms with Gasteiger partial charge in [0.25, 0.3) is 5.91 Å². The highest BCUT2D eigenvalue weighted by Gasteiger charge is 2.54. The van der Waals surface area contributed by atoms with E-state index in [1.165, 1.54) is 12.0 Å². The van der Waals surface area contributed by atoms with Crippen LogP contribution in [0, 0.1) is 17.3 Å². The van der Waals surface area contributed by atoms with Crippen LogP contribution in [0.2, 0.25) is 0 Å². The normalized spacial score (nSPS) is 22.9. The molecule has 2 aliphatic heterocycles. The van der Waals surface area contributed by atoms with Crippen molar-refractivity contribution in [3.63, 3.8) is 0 Å². The molecule has 0 bridgehead atoms. The summed E-state index contributed by atoms with van der Waals surface area (Å²) >= 11 is 0. The lowest BCUT2D eigenvalue weighted by Gasteiger charge is -2.42. The van der Waals surface area contributed by atoms with E-state index in [0.717, 1.165) is 68.8 Å². The number of aromatic nitrogens is 2. The number of ether oxygens (including phenoxy) is 1. The Bertz CT molecular complexity index is 1240. The minimum Gasteiger partial charge on any atom is -0.381 e. The molecule has 4 aliphatic rings. The molecule has 1 unspecified atom stereocenters. The van der Waals surface area contributed by atoms with E-state index in [4.69, 9.17) is 4.74 Å². The van der Waals surface area contributed by atoms with Gasteiger partial charge in [-0.05, 0) is 66.7 Å². The summed E-state index contributed by atoms with van der Waals surface area (Å²) in [7, 11) is 1.74. The van der Waals surface area contributed by atoms with Crippen LogP contribution >= 0.6 is 0 Å². The number of rotatable bonds is 7. The molecule has 196 valence electrons. The van der Waals surface area contributed by atoms with E-state index in [2.05, 4.69) is 40.6 Å². The van der Waals surface area contributed by atoms with Gasteiger partial charge in [0.05, 0.1) is 0 Å². The van der Waals surface area contributed by atoms with Crippen LogP contribution in [0.4, 0.5) is 11.4 Å². The number of nitrogens with zero attached hydrogens (tertiary/aromatic N) is 2. The van der Waals surface area contributed by atoms with E-state index in [1.807, 2.05) is 12.1 Å². The highest BCUT2D eigenvalue weighted by atomic mass is 16.5.